The van der Waals surface area contributed by atoms with Crippen LogP contribution in [0.2, 0.25) is 0 Å². The molecule has 5 nitrogen and oxygen atoms in total. The van der Waals surface area contributed by atoms with Crippen LogP contribution in [0, 0.1) is 17.6 Å². The van der Waals surface area contributed by atoms with Gasteiger partial charge in [-0.15, -0.1) is 10.2 Å². The van der Waals surface area contributed by atoms with Crippen molar-refractivity contribution < 1.29 is 13.6 Å². The fourth-order valence-corrected chi connectivity index (χ4v) is 4.82. The molecule has 2 heterocycles. The maximum absolute atomic E-state index is 13.5. The molecular weight excluding hydrogens is 406 g/mol. The molecule has 156 valence electrons. The summed E-state index contributed by atoms with van der Waals surface area (Å²) in [7, 11) is 0. The fraction of sp³-hybridized carbons (Fsp3) is 0.364. The van der Waals surface area contributed by atoms with E-state index in [9.17, 15) is 13.6 Å². The molecule has 1 aromatic carbocycles. The Balaban J connectivity index is 1.61. The molecule has 0 amide bonds. The third-order valence-corrected chi connectivity index (χ3v) is 6.50. The van der Waals surface area contributed by atoms with E-state index < -0.39 is 11.6 Å². The lowest BCUT2D eigenvalue weighted by Crippen LogP contribution is -2.22. The number of nitrogens with zero attached hydrogens (tertiary/aromatic N) is 4. The lowest BCUT2D eigenvalue weighted by molar-refractivity contribution is 0.102. The summed E-state index contributed by atoms with van der Waals surface area (Å²) in [5.74, 6) is -1.00. The van der Waals surface area contributed by atoms with Gasteiger partial charge in [-0.05, 0) is 49.1 Å². The first kappa shape index (κ1) is 20.7. The second-order valence-electron chi connectivity index (χ2n) is 7.59. The van der Waals surface area contributed by atoms with Crippen molar-refractivity contribution in [3.8, 4) is 11.4 Å². The zero-order chi connectivity index (χ0) is 21.1. The van der Waals surface area contributed by atoms with Crippen molar-refractivity contribution in [3.05, 3.63) is 59.9 Å². The molecule has 0 unspecified atom stereocenters. The molecule has 0 saturated heterocycles. The number of aromatic nitrogens is 4. The third kappa shape index (κ3) is 4.28. The maximum Gasteiger partial charge on any atom is 0.192 e. The summed E-state index contributed by atoms with van der Waals surface area (Å²) < 4.78 is 28.8. The molecule has 2 atom stereocenters. The number of hydrogen-bond donors (Lipinski definition) is 0. The monoisotopic (exact) mass is 428 g/mol. The highest BCUT2D eigenvalue weighted by molar-refractivity contribution is 7.99. The normalized spacial score (nSPS) is 19.0. The molecular formula is C22H22F2N4OS. The van der Waals surface area contributed by atoms with Gasteiger partial charge in [0.15, 0.2) is 28.4 Å². The van der Waals surface area contributed by atoms with E-state index in [1.807, 2.05) is 12.1 Å². The van der Waals surface area contributed by atoms with Crippen LogP contribution < -0.4 is 0 Å². The second-order valence-corrected chi connectivity index (χ2v) is 8.53. The van der Waals surface area contributed by atoms with E-state index in [2.05, 4.69) is 26.7 Å². The highest BCUT2D eigenvalue weighted by Crippen LogP contribution is 2.39. The number of pyridine rings is 1. The first-order valence-corrected chi connectivity index (χ1v) is 11.0. The van der Waals surface area contributed by atoms with Crippen LogP contribution in [0.25, 0.3) is 11.4 Å². The Bertz CT molecular complexity index is 1040. The first-order valence-electron chi connectivity index (χ1n) is 10.0. The molecule has 0 N–H and O–H groups in total. The van der Waals surface area contributed by atoms with Gasteiger partial charge in [-0.25, -0.2) is 8.78 Å². The highest BCUT2D eigenvalue weighted by atomic mass is 32.2. The Kier molecular flexibility index (Phi) is 6.22. The molecule has 1 fully saturated rings. The van der Waals surface area contributed by atoms with Gasteiger partial charge >= 0.3 is 0 Å². The average molecular weight is 429 g/mol. The predicted molar refractivity (Wildman–Crippen MR) is 111 cm³/mol. The second kappa shape index (κ2) is 9.04. The van der Waals surface area contributed by atoms with Crippen LogP contribution in [0.15, 0.2) is 47.9 Å². The summed E-state index contributed by atoms with van der Waals surface area (Å²) >= 11 is 1.27. The Labute approximate surface area is 177 Å². The summed E-state index contributed by atoms with van der Waals surface area (Å²) in [5.41, 5.74) is 1.02. The Morgan fingerprint density at radius 1 is 1.17 bits per heavy atom. The van der Waals surface area contributed by atoms with Crippen molar-refractivity contribution in [3.63, 3.8) is 0 Å². The summed E-state index contributed by atoms with van der Waals surface area (Å²) in [5, 5.41) is 9.42. The van der Waals surface area contributed by atoms with E-state index in [1.54, 1.807) is 12.4 Å². The summed E-state index contributed by atoms with van der Waals surface area (Å²) in [4.78, 5) is 16.7. The summed E-state index contributed by atoms with van der Waals surface area (Å²) in [6, 6.07) is 7.26. The molecule has 1 aliphatic carbocycles. The van der Waals surface area contributed by atoms with Crippen LogP contribution in [0.3, 0.4) is 0 Å². The Morgan fingerprint density at radius 2 is 2.00 bits per heavy atom. The quantitative estimate of drug-likeness (QED) is 0.392. The number of benzene rings is 1. The van der Waals surface area contributed by atoms with Crippen molar-refractivity contribution in [1.82, 2.24) is 19.7 Å². The minimum absolute atomic E-state index is 0.0668. The maximum atomic E-state index is 13.5. The highest BCUT2D eigenvalue weighted by Gasteiger charge is 2.29. The number of carbonyl (C=O) groups is 1. The van der Waals surface area contributed by atoms with Crippen molar-refractivity contribution in [2.24, 2.45) is 5.92 Å². The smallest absolute Gasteiger partial charge is 0.192 e. The van der Waals surface area contributed by atoms with Gasteiger partial charge in [0.25, 0.3) is 0 Å². The summed E-state index contributed by atoms with van der Waals surface area (Å²) in [6.45, 7) is 2.23. The van der Waals surface area contributed by atoms with Gasteiger partial charge in [-0.1, -0.05) is 31.5 Å². The topological polar surface area (TPSA) is 60.7 Å². The molecule has 0 bridgehead atoms. The number of rotatable bonds is 6. The molecule has 2 aromatic heterocycles. The van der Waals surface area contributed by atoms with Crippen LogP contribution >= 0.6 is 11.8 Å². The minimum Gasteiger partial charge on any atom is -0.299 e. The molecule has 4 rings (SSSR count). The molecule has 1 saturated carbocycles. The molecule has 0 aliphatic heterocycles. The minimum atomic E-state index is -1.02. The van der Waals surface area contributed by atoms with Gasteiger partial charge in [0.2, 0.25) is 0 Å². The van der Waals surface area contributed by atoms with Crippen LogP contribution in [0.1, 0.15) is 49.0 Å². The van der Waals surface area contributed by atoms with E-state index in [4.69, 9.17) is 0 Å². The van der Waals surface area contributed by atoms with Gasteiger partial charge in [0, 0.05) is 29.6 Å². The van der Waals surface area contributed by atoms with E-state index in [1.165, 1.54) is 24.2 Å². The van der Waals surface area contributed by atoms with Gasteiger partial charge in [-0.2, -0.15) is 0 Å². The molecule has 30 heavy (non-hydrogen) atoms. The number of carbonyl (C=O) groups excluding carboxylic acids is 1. The number of halogens is 2. The summed E-state index contributed by atoms with van der Waals surface area (Å²) in [6.07, 6.45) is 7.97. The lowest BCUT2D eigenvalue weighted by atomic mass is 9.85. The van der Waals surface area contributed by atoms with Gasteiger partial charge in [0.05, 0.1) is 5.75 Å². The molecule has 1 aliphatic rings. The lowest BCUT2D eigenvalue weighted by Gasteiger charge is -2.31. The standard InChI is InChI=1S/C22H22F2N4OS/c1-14-5-2-3-7-19(14)28-21(16-6-4-10-25-12-16)26-27-22(28)30-13-20(29)15-8-9-17(23)18(24)11-15/h4,6,8-12,14,19H,2-3,5,7,13H2,1H3/t14-,19-/m0/s1. The molecule has 0 spiro atoms. The van der Waals surface area contributed by atoms with Gasteiger partial charge < -0.3 is 0 Å². The van der Waals surface area contributed by atoms with Gasteiger partial charge in [0.1, 0.15) is 0 Å². The number of ketones is 1. The van der Waals surface area contributed by atoms with Crippen LogP contribution in [0.5, 0.6) is 0 Å². The van der Waals surface area contributed by atoms with Crippen molar-refractivity contribution in [2.75, 3.05) is 5.75 Å². The number of thioether (sulfide) groups is 1. The molecule has 8 heteroatoms. The van der Waals surface area contributed by atoms with Crippen LogP contribution in [0.4, 0.5) is 8.78 Å². The number of hydrogen-bond acceptors (Lipinski definition) is 5. The SMILES string of the molecule is C[C@H]1CCCC[C@@H]1n1c(SCC(=O)c2ccc(F)c(F)c2)nnc1-c1cccnc1. The van der Waals surface area contributed by atoms with Crippen molar-refractivity contribution in [2.45, 2.75) is 43.8 Å². The van der Waals surface area contributed by atoms with Crippen molar-refractivity contribution >= 4 is 17.5 Å². The predicted octanol–water partition coefficient (Wildman–Crippen LogP) is 5.34. The zero-order valence-corrected chi connectivity index (χ0v) is 17.4. The third-order valence-electron chi connectivity index (χ3n) is 5.56. The first-order chi connectivity index (χ1) is 14.5. The Morgan fingerprint density at radius 3 is 2.73 bits per heavy atom. The average Bonchev–Trinajstić information content (AvgIpc) is 3.18. The number of Topliss-reactive ketones (excluding diaryl/α,β-unsaturated/α-hetero) is 1. The van der Waals surface area contributed by atoms with E-state index in [0.717, 1.165) is 42.8 Å². The van der Waals surface area contributed by atoms with Crippen molar-refractivity contribution in [1.29, 1.82) is 0 Å². The molecule has 3 aromatic rings. The van der Waals surface area contributed by atoms with E-state index in [0.29, 0.717) is 11.1 Å². The molecule has 0 radical (unpaired) electrons. The van der Waals surface area contributed by atoms with Crippen LogP contribution in [-0.4, -0.2) is 31.3 Å². The fourth-order valence-electron chi connectivity index (χ4n) is 3.93. The van der Waals surface area contributed by atoms with E-state index in [-0.39, 0.29) is 23.1 Å². The van der Waals surface area contributed by atoms with Crippen LogP contribution in [-0.2, 0) is 0 Å². The zero-order valence-electron chi connectivity index (χ0n) is 16.6. The van der Waals surface area contributed by atoms with E-state index >= 15 is 0 Å². The largest absolute Gasteiger partial charge is 0.299 e. The Hall–Kier alpha value is -2.61. The van der Waals surface area contributed by atoms with Gasteiger partial charge in [-0.3, -0.25) is 14.3 Å².